The number of aromatic nitrogens is 1. The minimum atomic E-state index is -2.86. The molecular weight excluding hydrogens is 240 g/mol. The van der Waals surface area contributed by atoms with Crippen LogP contribution >= 0.6 is 0 Å². The molecule has 0 radical (unpaired) electrons. The molecule has 1 aromatic carbocycles. The standard InChI is InChI=1S/C13H9F2NO2/c14-13(15)18-12-3-1-2-9(7-12)10-4-5-16-11(6-10)8-17/h1-8,13H. The van der Waals surface area contributed by atoms with Gasteiger partial charge in [0.25, 0.3) is 0 Å². The van der Waals surface area contributed by atoms with Crippen molar-refractivity contribution in [1.29, 1.82) is 0 Å². The number of rotatable bonds is 4. The first-order valence-electron chi connectivity index (χ1n) is 5.15. The molecule has 0 fully saturated rings. The van der Waals surface area contributed by atoms with Gasteiger partial charge < -0.3 is 4.74 Å². The summed E-state index contributed by atoms with van der Waals surface area (Å²) in [5.74, 6) is 0.0759. The van der Waals surface area contributed by atoms with Crippen LogP contribution in [0.4, 0.5) is 8.78 Å². The molecule has 5 heteroatoms. The van der Waals surface area contributed by atoms with E-state index in [1.807, 2.05) is 0 Å². The van der Waals surface area contributed by atoms with Crippen molar-refractivity contribution in [2.24, 2.45) is 0 Å². The van der Waals surface area contributed by atoms with Gasteiger partial charge in [-0.05, 0) is 35.4 Å². The molecule has 18 heavy (non-hydrogen) atoms. The van der Waals surface area contributed by atoms with Crippen LogP contribution in [0.5, 0.6) is 5.75 Å². The van der Waals surface area contributed by atoms with Gasteiger partial charge in [-0.25, -0.2) is 0 Å². The monoisotopic (exact) mass is 249 g/mol. The minimum absolute atomic E-state index is 0.0759. The Kier molecular flexibility index (Phi) is 3.62. The molecule has 1 heterocycles. The molecule has 2 rings (SSSR count). The lowest BCUT2D eigenvalue weighted by molar-refractivity contribution is -0.0498. The van der Waals surface area contributed by atoms with Crippen molar-refractivity contribution in [1.82, 2.24) is 4.98 Å². The van der Waals surface area contributed by atoms with Gasteiger partial charge in [-0.1, -0.05) is 12.1 Å². The quantitative estimate of drug-likeness (QED) is 0.781. The topological polar surface area (TPSA) is 39.2 Å². The summed E-state index contributed by atoms with van der Waals surface area (Å²) in [5, 5.41) is 0. The molecule has 0 spiro atoms. The second kappa shape index (κ2) is 5.35. The normalized spacial score (nSPS) is 10.4. The average Bonchev–Trinajstić information content (AvgIpc) is 2.38. The predicted molar refractivity (Wildman–Crippen MR) is 61.7 cm³/mol. The van der Waals surface area contributed by atoms with Crippen molar-refractivity contribution in [3.8, 4) is 16.9 Å². The van der Waals surface area contributed by atoms with Gasteiger partial charge in [-0.2, -0.15) is 8.78 Å². The minimum Gasteiger partial charge on any atom is -0.435 e. The molecule has 0 N–H and O–H groups in total. The van der Waals surface area contributed by atoms with Gasteiger partial charge in [0, 0.05) is 6.20 Å². The lowest BCUT2D eigenvalue weighted by Gasteiger charge is -2.07. The third kappa shape index (κ3) is 2.88. The van der Waals surface area contributed by atoms with E-state index in [9.17, 15) is 13.6 Å². The number of alkyl halides is 2. The first-order chi connectivity index (χ1) is 8.69. The fourth-order valence-corrected chi connectivity index (χ4v) is 1.54. The van der Waals surface area contributed by atoms with Gasteiger partial charge in [-0.15, -0.1) is 0 Å². The molecule has 0 bridgehead atoms. The number of hydrogen-bond acceptors (Lipinski definition) is 3. The van der Waals surface area contributed by atoms with Crippen LogP contribution in [-0.4, -0.2) is 17.9 Å². The zero-order valence-corrected chi connectivity index (χ0v) is 9.22. The molecule has 0 saturated heterocycles. The Morgan fingerprint density at radius 3 is 2.67 bits per heavy atom. The van der Waals surface area contributed by atoms with E-state index in [1.165, 1.54) is 18.3 Å². The molecule has 1 aromatic heterocycles. The number of carbonyl (C=O) groups excluding carboxylic acids is 1. The predicted octanol–water partition coefficient (Wildman–Crippen LogP) is 3.16. The van der Waals surface area contributed by atoms with Gasteiger partial charge in [0.05, 0.1) is 0 Å². The number of hydrogen-bond donors (Lipinski definition) is 0. The first-order valence-corrected chi connectivity index (χ1v) is 5.15. The van der Waals surface area contributed by atoms with Gasteiger partial charge in [0.1, 0.15) is 11.4 Å². The number of ether oxygens (including phenoxy) is 1. The largest absolute Gasteiger partial charge is 0.435 e. The smallest absolute Gasteiger partial charge is 0.387 e. The third-order valence-electron chi connectivity index (χ3n) is 2.29. The van der Waals surface area contributed by atoms with Crippen LogP contribution in [0.15, 0.2) is 42.6 Å². The molecule has 0 aliphatic heterocycles. The number of aldehydes is 1. The molecule has 0 saturated carbocycles. The molecule has 92 valence electrons. The van der Waals surface area contributed by atoms with E-state index in [4.69, 9.17) is 0 Å². The van der Waals surface area contributed by atoms with Crippen LogP contribution in [0.1, 0.15) is 10.5 Å². The molecule has 0 aliphatic carbocycles. The van der Waals surface area contributed by atoms with Gasteiger partial charge in [0.15, 0.2) is 6.29 Å². The molecule has 0 atom stereocenters. The maximum Gasteiger partial charge on any atom is 0.387 e. The first kappa shape index (κ1) is 12.2. The molecule has 2 aromatic rings. The molecule has 0 amide bonds. The highest BCUT2D eigenvalue weighted by molar-refractivity contribution is 5.76. The molecule has 0 unspecified atom stereocenters. The van der Waals surface area contributed by atoms with Crippen molar-refractivity contribution in [3.05, 3.63) is 48.3 Å². The lowest BCUT2D eigenvalue weighted by atomic mass is 10.1. The highest BCUT2D eigenvalue weighted by Gasteiger charge is 2.06. The van der Waals surface area contributed by atoms with Crippen molar-refractivity contribution < 1.29 is 18.3 Å². The summed E-state index contributed by atoms with van der Waals surface area (Å²) in [7, 11) is 0. The van der Waals surface area contributed by atoms with Crippen LogP contribution in [0, 0.1) is 0 Å². The Morgan fingerprint density at radius 2 is 1.94 bits per heavy atom. The van der Waals surface area contributed by atoms with Crippen LogP contribution < -0.4 is 4.74 Å². The molecular formula is C13H9F2NO2. The van der Waals surface area contributed by atoms with E-state index < -0.39 is 6.61 Å². The fraction of sp³-hybridized carbons (Fsp3) is 0.0769. The average molecular weight is 249 g/mol. The van der Waals surface area contributed by atoms with Gasteiger partial charge >= 0.3 is 6.61 Å². The summed E-state index contributed by atoms with van der Waals surface area (Å²) in [4.78, 5) is 14.5. The Bertz CT molecular complexity index is 558. The zero-order chi connectivity index (χ0) is 13.0. The van der Waals surface area contributed by atoms with E-state index in [1.54, 1.807) is 24.3 Å². The SMILES string of the molecule is O=Cc1cc(-c2cccc(OC(F)F)c2)ccn1. The van der Waals surface area contributed by atoms with Gasteiger partial charge in [-0.3, -0.25) is 9.78 Å². The second-order valence-electron chi connectivity index (χ2n) is 3.49. The summed E-state index contributed by atoms with van der Waals surface area (Å²) >= 11 is 0. The molecule has 3 nitrogen and oxygen atoms in total. The highest BCUT2D eigenvalue weighted by Crippen LogP contribution is 2.24. The zero-order valence-electron chi connectivity index (χ0n) is 9.22. The third-order valence-corrected chi connectivity index (χ3v) is 2.29. The van der Waals surface area contributed by atoms with Crippen LogP contribution in [0.2, 0.25) is 0 Å². The number of pyridine rings is 1. The summed E-state index contributed by atoms with van der Waals surface area (Å²) in [6, 6.07) is 9.53. The number of benzene rings is 1. The van der Waals surface area contributed by atoms with Crippen molar-refractivity contribution in [2.75, 3.05) is 0 Å². The van der Waals surface area contributed by atoms with E-state index in [0.717, 1.165) is 0 Å². The van der Waals surface area contributed by atoms with Gasteiger partial charge in [0.2, 0.25) is 0 Å². The van der Waals surface area contributed by atoms with Crippen LogP contribution in [-0.2, 0) is 0 Å². The Balaban J connectivity index is 2.34. The summed E-state index contributed by atoms with van der Waals surface area (Å²) in [5.41, 5.74) is 1.68. The maximum atomic E-state index is 12.1. The Morgan fingerprint density at radius 1 is 1.17 bits per heavy atom. The van der Waals surface area contributed by atoms with Crippen LogP contribution in [0.25, 0.3) is 11.1 Å². The fourth-order valence-electron chi connectivity index (χ4n) is 1.54. The summed E-state index contributed by atoms with van der Waals surface area (Å²) < 4.78 is 28.5. The number of nitrogens with zero attached hydrogens (tertiary/aromatic N) is 1. The second-order valence-corrected chi connectivity index (χ2v) is 3.49. The van der Waals surface area contributed by atoms with Crippen molar-refractivity contribution in [3.63, 3.8) is 0 Å². The lowest BCUT2D eigenvalue weighted by Crippen LogP contribution is -2.01. The highest BCUT2D eigenvalue weighted by atomic mass is 19.3. The number of carbonyl (C=O) groups is 1. The molecule has 0 aliphatic rings. The van der Waals surface area contributed by atoms with Crippen molar-refractivity contribution in [2.45, 2.75) is 6.61 Å². The van der Waals surface area contributed by atoms with Crippen LogP contribution in [0.3, 0.4) is 0 Å². The van der Waals surface area contributed by atoms with E-state index in [-0.39, 0.29) is 11.4 Å². The number of halogens is 2. The Labute approximate surface area is 102 Å². The summed E-state index contributed by atoms with van der Waals surface area (Å²) in [6.07, 6.45) is 2.11. The van der Waals surface area contributed by atoms with Crippen molar-refractivity contribution >= 4 is 6.29 Å². The maximum absolute atomic E-state index is 12.1. The van der Waals surface area contributed by atoms with E-state index in [0.29, 0.717) is 17.4 Å². The summed E-state index contributed by atoms with van der Waals surface area (Å²) in [6.45, 7) is -2.86. The van der Waals surface area contributed by atoms with E-state index >= 15 is 0 Å². The Hall–Kier alpha value is -2.30. The van der Waals surface area contributed by atoms with E-state index in [2.05, 4.69) is 9.72 Å².